The summed E-state index contributed by atoms with van der Waals surface area (Å²) >= 11 is 1.43. The zero-order valence-corrected chi connectivity index (χ0v) is 18.0. The van der Waals surface area contributed by atoms with E-state index in [2.05, 4.69) is 10.0 Å². The second-order valence-electron chi connectivity index (χ2n) is 6.58. The third-order valence-corrected chi connectivity index (χ3v) is 6.93. The van der Waals surface area contributed by atoms with E-state index in [0.29, 0.717) is 11.3 Å². The Bertz CT molecular complexity index is 1380. The normalized spacial score (nSPS) is 11.3. The highest BCUT2D eigenvalue weighted by atomic mass is 32.2. The van der Waals surface area contributed by atoms with E-state index in [4.69, 9.17) is 4.74 Å². The maximum atomic E-state index is 12.9. The summed E-state index contributed by atoms with van der Waals surface area (Å²) in [6, 6.07) is 17.7. The van der Waals surface area contributed by atoms with Crippen LogP contribution in [0, 0.1) is 0 Å². The van der Waals surface area contributed by atoms with Gasteiger partial charge in [-0.3, -0.25) is 9.52 Å². The van der Waals surface area contributed by atoms with Gasteiger partial charge in [0.15, 0.2) is 0 Å². The van der Waals surface area contributed by atoms with Crippen LogP contribution >= 0.6 is 11.3 Å². The number of fused-ring (bicyclic) bond motifs is 1. The summed E-state index contributed by atoms with van der Waals surface area (Å²) in [5.74, 6) is -0.327. The molecule has 0 aliphatic carbocycles. The number of hydrogen-bond donors (Lipinski definition) is 3. The van der Waals surface area contributed by atoms with E-state index >= 15 is 0 Å². The van der Waals surface area contributed by atoms with Crippen molar-refractivity contribution in [2.75, 3.05) is 17.1 Å². The van der Waals surface area contributed by atoms with E-state index in [9.17, 15) is 18.3 Å². The summed E-state index contributed by atoms with van der Waals surface area (Å²) in [6.07, 6.45) is 0. The maximum Gasteiger partial charge on any atom is 0.262 e. The third kappa shape index (κ3) is 4.18. The lowest BCUT2D eigenvalue weighted by molar-refractivity contribution is 0.102. The van der Waals surface area contributed by atoms with Gasteiger partial charge in [-0.1, -0.05) is 30.3 Å². The Morgan fingerprint density at radius 2 is 1.74 bits per heavy atom. The fraction of sp³-hybridized carbons (Fsp3) is 0.0455. The first-order chi connectivity index (χ1) is 14.9. The average molecular weight is 455 g/mol. The fourth-order valence-electron chi connectivity index (χ4n) is 3.06. The van der Waals surface area contributed by atoms with Crippen molar-refractivity contribution >= 4 is 48.7 Å². The van der Waals surface area contributed by atoms with Crippen LogP contribution in [0.1, 0.15) is 10.4 Å². The summed E-state index contributed by atoms with van der Waals surface area (Å²) in [5, 5.41) is 15.3. The van der Waals surface area contributed by atoms with E-state index < -0.39 is 15.9 Å². The van der Waals surface area contributed by atoms with Gasteiger partial charge in [0.05, 0.1) is 28.9 Å². The van der Waals surface area contributed by atoms with E-state index in [0.717, 1.165) is 10.1 Å². The molecule has 0 aliphatic heterocycles. The lowest BCUT2D eigenvalue weighted by atomic mass is 10.1. The van der Waals surface area contributed by atoms with Crippen molar-refractivity contribution in [1.82, 2.24) is 0 Å². The molecule has 0 radical (unpaired) electrons. The van der Waals surface area contributed by atoms with Gasteiger partial charge in [0.2, 0.25) is 0 Å². The van der Waals surface area contributed by atoms with Crippen molar-refractivity contribution in [3.8, 4) is 11.5 Å². The summed E-state index contributed by atoms with van der Waals surface area (Å²) in [5.41, 5.74) is 0.706. The van der Waals surface area contributed by atoms with Crippen LogP contribution in [0.3, 0.4) is 0 Å². The Morgan fingerprint density at radius 3 is 2.55 bits per heavy atom. The van der Waals surface area contributed by atoms with Crippen LogP contribution in [0.25, 0.3) is 10.1 Å². The molecule has 4 rings (SSSR count). The van der Waals surface area contributed by atoms with Crippen LogP contribution in [0.4, 0.5) is 11.4 Å². The molecule has 1 aromatic heterocycles. The first-order valence-corrected chi connectivity index (χ1v) is 11.5. The number of phenols is 1. The highest BCUT2D eigenvalue weighted by Crippen LogP contribution is 2.31. The van der Waals surface area contributed by atoms with E-state index in [1.165, 1.54) is 36.6 Å². The summed E-state index contributed by atoms with van der Waals surface area (Å²) in [7, 11) is -2.56. The van der Waals surface area contributed by atoms with Crippen molar-refractivity contribution in [3.05, 3.63) is 77.7 Å². The molecule has 0 saturated heterocycles. The highest BCUT2D eigenvalue weighted by molar-refractivity contribution is 7.92. The second kappa shape index (κ2) is 8.29. The molecule has 7 nitrogen and oxygen atoms in total. The molecule has 3 aromatic carbocycles. The number of anilines is 2. The number of sulfonamides is 1. The van der Waals surface area contributed by atoms with Crippen molar-refractivity contribution in [2.24, 2.45) is 0 Å². The Labute approximate surface area is 183 Å². The minimum atomic E-state index is -4.00. The molecule has 0 fully saturated rings. The summed E-state index contributed by atoms with van der Waals surface area (Å²) < 4.78 is 34.3. The molecule has 158 valence electrons. The lowest BCUT2D eigenvalue weighted by Gasteiger charge is -2.13. The quantitative estimate of drug-likeness (QED) is 0.367. The second-order valence-corrected chi connectivity index (χ2v) is 9.18. The van der Waals surface area contributed by atoms with E-state index in [1.807, 2.05) is 24.3 Å². The Balaban J connectivity index is 1.63. The molecular formula is C22H18N2O5S2. The molecule has 0 saturated carbocycles. The molecule has 3 N–H and O–H groups in total. The van der Waals surface area contributed by atoms with Gasteiger partial charge in [-0.25, -0.2) is 8.42 Å². The number of methoxy groups -OCH3 is 1. The molecule has 0 bridgehead atoms. The molecule has 0 spiro atoms. The predicted octanol–water partition coefficient (Wildman–Crippen LogP) is 4.67. The number of rotatable bonds is 6. The predicted molar refractivity (Wildman–Crippen MR) is 122 cm³/mol. The zero-order chi connectivity index (χ0) is 22.0. The summed E-state index contributed by atoms with van der Waals surface area (Å²) in [4.78, 5) is 12.7. The number of carbonyl (C=O) groups excluding carboxylic acids is 1. The minimum absolute atomic E-state index is 0.0109. The number of amides is 1. The van der Waals surface area contributed by atoms with Crippen LogP contribution < -0.4 is 14.8 Å². The van der Waals surface area contributed by atoms with Gasteiger partial charge >= 0.3 is 0 Å². The minimum Gasteiger partial charge on any atom is -0.506 e. The smallest absolute Gasteiger partial charge is 0.262 e. The number of para-hydroxylation sites is 2. The van der Waals surface area contributed by atoms with Crippen molar-refractivity contribution in [2.45, 2.75) is 4.90 Å². The largest absolute Gasteiger partial charge is 0.506 e. The van der Waals surface area contributed by atoms with Crippen LogP contribution in [-0.4, -0.2) is 26.5 Å². The molecule has 0 aliphatic rings. The number of benzene rings is 3. The molecule has 31 heavy (non-hydrogen) atoms. The standard InChI is InChI=1S/C22H18N2O5S2/c1-29-20-8-4-3-7-17(20)24-31(27,28)14-10-11-19(25)18(12-14)23-22(26)16-13-30-21-9-5-2-6-15(16)21/h2-13,24-25H,1H3,(H,23,26). The fourth-order valence-corrected chi connectivity index (χ4v) is 5.10. The highest BCUT2D eigenvalue weighted by Gasteiger charge is 2.20. The molecule has 0 unspecified atom stereocenters. The first-order valence-electron chi connectivity index (χ1n) is 9.15. The Morgan fingerprint density at radius 1 is 1.00 bits per heavy atom. The molecular weight excluding hydrogens is 436 g/mol. The van der Waals surface area contributed by atoms with Gasteiger partial charge in [-0.15, -0.1) is 11.3 Å². The lowest BCUT2D eigenvalue weighted by Crippen LogP contribution is -2.15. The van der Waals surface area contributed by atoms with Crippen molar-refractivity contribution in [3.63, 3.8) is 0 Å². The van der Waals surface area contributed by atoms with Crippen molar-refractivity contribution in [1.29, 1.82) is 0 Å². The monoisotopic (exact) mass is 454 g/mol. The van der Waals surface area contributed by atoms with Gasteiger partial charge < -0.3 is 15.2 Å². The Hall–Kier alpha value is -3.56. The van der Waals surface area contributed by atoms with Crippen molar-refractivity contribution < 1.29 is 23.1 Å². The molecule has 1 heterocycles. The van der Waals surface area contributed by atoms with Gasteiger partial charge in [0, 0.05) is 15.5 Å². The van der Waals surface area contributed by atoms with Crippen LogP contribution in [0.5, 0.6) is 11.5 Å². The first kappa shape index (κ1) is 20.7. The molecule has 1 amide bonds. The van der Waals surface area contributed by atoms with Gasteiger partial charge in [-0.2, -0.15) is 0 Å². The topological polar surface area (TPSA) is 105 Å². The average Bonchev–Trinajstić information content (AvgIpc) is 3.19. The number of hydrogen-bond acceptors (Lipinski definition) is 6. The molecule has 9 heteroatoms. The van der Waals surface area contributed by atoms with Crippen LogP contribution in [0.15, 0.2) is 77.0 Å². The maximum absolute atomic E-state index is 12.9. The molecule has 0 atom stereocenters. The van der Waals surface area contributed by atoms with Gasteiger partial charge in [0.1, 0.15) is 11.5 Å². The third-order valence-electron chi connectivity index (χ3n) is 4.60. The van der Waals surface area contributed by atoms with Gasteiger partial charge in [0.25, 0.3) is 15.9 Å². The number of aromatic hydroxyl groups is 1. The number of thiophene rings is 1. The number of nitrogens with one attached hydrogen (secondary N) is 2. The van der Waals surface area contributed by atoms with Crippen LogP contribution in [-0.2, 0) is 10.0 Å². The summed E-state index contributed by atoms with van der Waals surface area (Å²) in [6.45, 7) is 0. The van der Waals surface area contributed by atoms with E-state index in [1.54, 1.807) is 29.6 Å². The zero-order valence-electron chi connectivity index (χ0n) is 16.3. The van der Waals surface area contributed by atoms with E-state index in [-0.39, 0.29) is 22.0 Å². The SMILES string of the molecule is COc1ccccc1NS(=O)(=O)c1ccc(O)c(NC(=O)c2csc3ccccc23)c1. The number of phenolic OH excluding ortho intramolecular Hbond substituents is 1. The molecule has 4 aromatic rings. The van der Waals surface area contributed by atoms with Crippen LogP contribution in [0.2, 0.25) is 0 Å². The Kier molecular flexibility index (Phi) is 5.53. The number of carbonyl (C=O) groups is 1. The number of ether oxygens (including phenoxy) is 1. The van der Waals surface area contributed by atoms with Gasteiger partial charge in [-0.05, 0) is 36.4 Å².